The molecular weight excluding hydrogens is 285 g/mol. The number of amides is 1. The second kappa shape index (κ2) is 5.00. The first-order valence-corrected chi connectivity index (χ1v) is 6.28. The van der Waals surface area contributed by atoms with Crippen molar-refractivity contribution in [2.24, 2.45) is 5.92 Å². The fourth-order valence-electron chi connectivity index (χ4n) is 1.85. The van der Waals surface area contributed by atoms with E-state index in [-0.39, 0.29) is 17.6 Å². The zero-order valence-electron chi connectivity index (χ0n) is 9.47. The minimum Gasteiger partial charge on any atom is -0.326 e. The molecule has 0 radical (unpaired) electrons. The number of rotatable bonds is 2. The highest BCUT2D eigenvalue weighted by Gasteiger charge is 2.20. The van der Waals surface area contributed by atoms with E-state index in [2.05, 4.69) is 21.2 Å². The molecule has 0 aliphatic heterocycles. The van der Waals surface area contributed by atoms with Crippen molar-refractivity contribution in [3.63, 3.8) is 0 Å². The summed E-state index contributed by atoms with van der Waals surface area (Å²) in [4.78, 5) is 11.9. The van der Waals surface area contributed by atoms with E-state index in [1.54, 1.807) is 13.0 Å². The molecule has 0 saturated carbocycles. The van der Waals surface area contributed by atoms with Crippen LogP contribution in [0.4, 0.5) is 10.1 Å². The first-order valence-electron chi connectivity index (χ1n) is 5.49. The van der Waals surface area contributed by atoms with Crippen LogP contribution in [0.5, 0.6) is 0 Å². The monoisotopic (exact) mass is 297 g/mol. The van der Waals surface area contributed by atoms with Gasteiger partial charge in [-0.15, -0.1) is 0 Å². The maximum absolute atomic E-state index is 13.2. The molecule has 1 aromatic carbocycles. The first kappa shape index (κ1) is 12.3. The number of hydrogen-bond donors (Lipinski definition) is 1. The van der Waals surface area contributed by atoms with E-state index >= 15 is 0 Å². The maximum atomic E-state index is 13.2. The first-order chi connectivity index (χ1) is 8.08. The topological polar surface area (TPSA) is 29.1 Å². The molecule has 0 saturated heterocycles. The van der Waals surface area contributed by atoms with Crippen LogP contribution in [-0.4, -0.2) is 5.91 Å². The molecule has 90 valence electrons. The van der Waals surface area contributed by atoms with Crippen molar-refractivity contribution in [3.05, 3.63) is 40.1 Å². The van der Waals surface area contributed by atoms with E-state index < -0.39 is 0 Å². The number of nitrogens with one attached hydrogen (secondary N) is 1. The van der Waals surface area contributed by atoms with Crippen molar-refractivity contribution in [3.8, 4) is 0 Å². The fraction of sp³-hybridized carbons (Fsp3) is 0.308. The van der Waals surface area contributed by atoms with Crippen LogP contribution in [0.2, 0.25) is 0 Å². The number of benzene rings is 1. The van der Waals surface area contributed by atoms with Crippen molar-refractivity contribution >= 4 is 27.5 Å². The molecule has 4 heteroatoms. The van der Waals surface area contributed by atoms with Gasteiger partial charge in [0.05, 0.1) is 4.47 Å². The van der Waals surface area contributed by atoms with E-state index in [4.69, 9.17) is 0 Å². The van der Waals surface area contributed by atoms with Crippen LogP contribution in [0.3, 0.4) is 0 Å². The van der Waals surface area contributed by atoms with Crippen molar-refractivity contribution in [2.45, 2.75) is 19.8 Å². The van der Waals surface area contributed by atoms with Gasteiger partial charge in [0.1, 0.15) is 5.82 Å². The van der Waals surface area contributed by atoms with Gasteiger partial charge in [0.25, 0.3) is 0 Å². The average molecular weight is 298 g/mol. The molecule has 1 aromatic rings. The molecule has 0 bridgehead atoms. The largest absolute Gasteiger partial charge is 0.326 e. The second-order valence-corrected chi connectivity index (χ2v) is 5.06. The SMILES string of the molecule is Cc1cc(F)c(Br)cc1NC(=O)C1CC=CC1. The number of halogens is 2. The van der Waals surface area contributed by atoms with Crippen molar-refractivity contribution in [1.82, 2.24) is 0 Å². The fourth-order valence-corrected chi connectivity index (χ4v) is 2.19. The van der Waals surface area contributed by atoms with Crippen molar-refractivity contribution in [1.29, 1.82) is 0 Å². The van der Waals surface area contributed by atoms with Gasteiger partial charge in [0.15, 0.2) is 0 Å². The number of carbonyl (C=O) groups excluding carboxylic acids is 1. The molecular formula is C13H13BrFNO. The summed E-state index contributed by atoms with van der Waals surface area (Å²) in [5.41, 5.74) is 1.39. The zero-order chi connectivity index (χ0) is 12.4. The molecule has 0 spiro atoms. The predicted octanol–water partition coefficient (Wildman–Crippen LogP) is 3.80. The van der Waals surface area contributed by atoms with Gasteiger partial charge >= 0.3 is 0 Å². The zero-order valence-corrected chi connectivity index (χ0v) is 11.1. The number of hydrogen-bond acceptors (Lipinski definition) is 1. The highest BCUT2D eigenvalue weighted by atomic mass is 79.9. The summed E-state index contributed by atoms with van der Waals surface area (Å²) in [6.07, 6.45) is 5.59. The summed E-state index contributed by atoms with van der Waals surface area (Å²) in [7, 11) is 0. The molecule has 2 rings (SSSR count). The van der Waals surface area contributed by atoms with Crippen LogP contribution < -0.4 is 5.32 Å². The average Bonchev–Trinajstić information content (AvgIpc) is 2.79. The van der Waals surface area contributed by atoms with Crippen LogP contribution in [0, 0.1) is 18.7 Å². The molecule has 1 aliphatic carbocycles. The third kappa shape index (κ3) is 2.75. The quantitative estimate of drug-likeness (QED) is 0.827. The molecule has 1 amide bonds. The van der Waals surface area contributed by atoms with Crippen LogP contribution >= 0.6 is 15.9 Å². The number of carbonyl (C=O) groups is 1. The summed E-state index contributed by atoms with van der Waals surface area (Å²) in [5.74, 6) is -0.308. The summed E-state index contributed by atoms with van der Waals surface area (Å²) >= 11 is 3.12. The van der Waals surface area contributed by atoms with E-state index in [0.717, 1.165) is 18.4 Å². The van der Waals surface area contributed by atoms with Crippen LogP contribution in [0.1, 0.15) is 18.4 Å². The van der Waals surface area contributed by atoms with Crippen molar-refractivity contribution in [2.75, 3.05) is 5.32 Å². The van der Waals surface area contributed by atoms with Crippen molar-refractivity contribution < 1.29 is 9.18 Å². The summed E-state index contributed by atoms with van der Waals surface area (Å²) < 4.78 is 13.6. The van der Waals surface area contributed by atoms with Gasteiger partial charge in [-0.05, 0) is 53.4 Å². The molecule has 0 atom stereocenters. The molecule has 17 heavy (non-hydrogen) atoms. The molecule has 2 nitrogen and oxygen atoms in total. The Morgan fingerprint density at radius 2 is 2.06 bits per heavy atom. The number of allylic oxidation sites excluding steroid dienone is 2. The van der Waals surface area contributed by atoms with Gasteiger partial charge in [0.2, 0.25) is 5.91 Å². The molecule has 1 N–H and O–H groups in total. The van der Waals surface area contributed by atoms with Gasteiger partial charge < -0.3 is 5.32 Å². The lowest BCUT2D eigenvalue weighted by Crippen LogP contribution is -2.21. The lowest BCUT2D eigenvalue weighted by molar-refractivity contribution is -0.119. The van der Waals surface area contributed by atoms with Crippen LogP contribution in [-0.2, 0) is 4.79 Å². The smallest absolute Gasteiger partial charge is 0.228 e. The highest BCUT2D eigenvalue weighted by molar-refractivity contribution is 9.10. The molecule has 1 aliphatic rings. The Bertz CT molecular complexity index is 477. The van der Waals surface area contributed by atoms with E-state index in [1.807, 2.05) is 12.2 Å². The summed E-state index contributed by atoms with van der Waals surface area (Å²) in [5, 5.41) is 2.84. The summed E-state index contributed by atoms with van der Waals surface area (Å²) in [6.45, 7) is 1.78. The van der Waals surface area contributed by atoms with Gasteiger partial charge in [-0.3, -0.25) is 4.79 Å². The Morgan fingerprint density at radius 1 is 1.41 bits per heavy atom. The highest BCUT2D eigenvalue weighted by Crippen LogP contribution is 2.26. The second-order valence-electron chi connectivity index (χ2n) is 4.21. The lowest BCUT2D eigenvalue weighted by Gasteiger charge is -2.13. The van der Waals surface area contributed by atoms with Gasteiger partial charge in [0, 0.05) is 11.6 Å². The van der Waals surface area contributed by atoms with E-state index in [9.17, 15) is 9.18 Å². The van der Waals surface area contributed by atoms with Crippen LogP contribution in [0.15, 0.2) is 28.8 Å². The molecule has 0 aromatic heterocycles. The molecule has 0 unspecified atom stereocenters. The third-order valence-electron chi connectivity index (χ3n) is 2.90. The lowest BCUT2D eigenvalue weighted by atomic mass is 10.1. The van der Waals surface area contributed by atoms with E-state index in [1.165, 1.54) is 6.07 Å². The van der Waals surface area contributed by atoms with Crippen LogP contribution in [0.25, 0.3) is 0 Å². The minimum atomic E-state index is -0.317. The Kier molecular flexibility index (Phi) is 3.62. The van der Waals surface area contributed by atoms with Gasteiger partial charge in [-0.2, -0.15) is 0 Å². The summed E-state index contributed by atoms with van der Waals surface area (Å²) in [6, 6.07) is 3.01. The minimum absolute atomic E-state index is 0.00314. The number of aryl methyl sites for hydroxylation is 1. The van der Waals surface area contributed by atoms with E-state index in [0.29, 0.717) is 10.2 Å². The van der Waals surface area contributed by atoms with Gasteiger partial charge in [-0.1, -0.05) is 12.2 Å². The Morgan fingerprint density at radius 3 is 2.71 bits per heavy atom. The molecule has 0 heterocycles. The standard InChI is InChI=1S/C13H13BrFNO/c1-8-6-11(15)10(14)7-12(8)16-13(17)9-4-2-3-5-9/h2-3,6-7,9H,4-5H2,1H3,(H,16,17). The third-order valence-corrected chi connectivity index (χ3v) is 3.51. The molecule has 0 fully saturated rings. The van der Waals surface area contributed by atoms with Gasteiger partial charge in [-0.25, -0.2) is 4.39 Å². The number of anilines is 1. The Balaban J connectivity index is 2.13. The maximum Gasteiger partial charge on any atom is 0.228 e. The Labute approximate surface area is 108 Å². The Hall–Kier alpha value is -1.16. The normalized spacial score (nSPS) is 15.2. The predicted molar refractivity (Wildman–Crippen MR) is 69.3 cm³/mol.